The Balaban J connectivity index is 1.93. The highest BCUT2D eigenvalue weighted by molar-refractivity contribution is 5.89. The van der Waals surface area contributed by atoms with E-state index in [1.54, 1.807) is 12.1 Å². The maximum Gasteiger partial charge on any atom is 0.358 e. The number of para-hydroxylation sites is 1. The third-order valence-corrected chi connectivity index (χ3v) is 3.26. The molecule has 0 spiro atoms. The first kappa shape index (κ1) is 12.7. The van der Waals surface area contributed by atoms with Crippen molar-refractivity contribution >= 4 is 5.97 Å². The van der Waals surface area contributed by atoms with E-state index in [1.807, 2.05) is 18.2 Å². The monoisotopic (exact) mass is 273 g/mol. The predicted molar refractivity (Wildman–Crippen MR) is 72.0 cm³/mol. The maximum absolute atomic E-state index is 11.5. The van der Waals surface area contributed by atoms with Crippen molar-refractivity contribution in [1.82, 2.24) is 15.1 Å². The molecule has 1 aliphatic rings. The molecular formula is C14H15N3O3. The summed E-state index contributed by atoms with van der Waals surface area (Å²) in [6.45, 7) is 0.873. The lowest BCUT2D eigenvalue weighted by Crippen LogP contribution is -2.24. The molecule has 6 nitrogen and oxygen atoms in total. The smallest absolute Gasteiger partial charge is 0.358 e. The Morgan fingerprint density at radius 3 is 2.85 bits per heavy atom. The van der Waals surface area contributed by atoms with Gasteiger partial charge in [0.05, 0.1) is 6.20 Å². The quantitative estimate of drug-likeness (QED) is 0.893. The second-order valence-corrected chi connectivity index (χ2v) is 4.63. The highest BCUT2D eigenvalue weighted by atomic mass is 16.5. The minimum atomic E-state index is -1.04. The number of hydrogen-bond acceptors (Lipinski definition) is 4. The van der Waals surface area contributed by atoms with Crippen molar-refractivity contribution in [2.75, 3.05) is 6.54 Å². The van der Waals surface area contributed by atoms with E-state index in [9.17, 15) is 9.90 Å². The van der Waals surface area contributed by atoms with Gasteiger partial charge in [0.25, 0.3) is 0 Å². The van der Waals surface area contributed by atoms with Crippen LogP contribution in [-0.2, 0) is 0 Å². The van der Waals surface area contributed by atoms with Gasteiger partial charge in [0.1, 0.15) is 11.9 Å². The molecule has 2 aromatic rings. The zero-order chi connectivity index (χ0) is 13.9. The summed E-state index contributed by atoms with van der Waals surface area (Å²) in [7, 11) is 0. The van der Waals surface area contributed by atoms with Crippen LogP contribution in [0.4, 0.5) is 0 Å². The summed E-state index contributed by atoms with van der Waals surface area (Å²) < 4.78 is 7.11. The van der Waals surface area contributed by atoms with E-state index >= 15 is 0 Å². The molecule has 3 rings (SSSR count). The van der Waals surface area contributed by atoms with E-state index in [0.717, 1.165) is 19.4 Å². The number of aromatic nitrogens is 2. The summed E-state index contributed by atoms with van der Waals surface area (Å²) in [5, 5.41) is 16.8. The van der Waals surface area contributed by atoms with Crippen LogP contribution in [0.1, 0.15) is 29.5 Å². The molecule has 6 heteroatoms. The average Bonchev–Trinajstić information content (AvgIpc) is 3.08. The van der Waals surface area contributed by atoms with Crippen molar-refractivity contribution in [3.8, 4) is 11.5 Å². The highest BCUT2D eigenvalue weighted by Gasteiger charge is 2.26. The minimum Gasteiger partial charge on any atom is -0.476 e. The molecule has 0 saturated carbocycles. The van der Waals surface area contributed by atoms with Gasteiger partial charge < -0.3 is 9.84 Å². The van der Waals surface area contributed by atoms with Crippen molar-refractivity contribution < 1.29 is 14.6 Å². The largest absolute Gasteiger partial charge is 0.476 e. The van der Waals surface area contributed by atoms with Gasteiger partial charge in [0, 0.05) is 0 Å². The first-order valence-electron chi connectivity index (χ1n) is 6.53. The summed E-state index contributed by atoms with van der Waals surface area (Å²) in [5.41, 5.74) is 0.0771. The van der Waals surface area contributed by atoms with Crippen LogP contribution in [0.3, 0.4) is 0 Å². The van der Waals surface area contributed by atoms with Crippen LogP contribution < -0.4 is 10.1 Å². The second-order valence-electron chi connectivity index (χ2n) is 4.63. The summed E-state index contributed by atoms with van der Waals surface area (Å²) >= 11 is 0. The van der Waals surface area contributed by atoms with Gasteiger partial charge >= 0.3 is 5.97 Å². The lowest BCUT2D eigenvalue weighted by Gasteiger charge is -2.13. The molecule has 1 aromatic heterocycles. The third-order valence-electron chi connectivity index (χ3n) is 3.26. The van der Waals surface area contributed by atoms with Crippen LogP contribution in [0, 0.1) is 0 Å². The number of benzene rings is 1. The summed E-state index contributed by atoms with van der Waals surface area (Å²) in [6, 6.07) is 9.09. The van der Waals surface area contributed by atoms with Gasteiger partial charge in [-0.3, -0.25) is 5.32 Å². The number of nitrogens with zero attached hydrogens (tertiary/aromatic N) is 2. The Labute approximate surface area is 116 Å². The van der Waals surface area contributed by atoms with Crippen LogP contribution >= 0.6 is 0 Å². The standard InChI is InChI=1S/C14H15N3O3/c18-14(19)13-11(20-10-5-2-1-3-6-10)9-16-17(13)12-7-4-8-15-12/h1-3,5-6,9,12,15H,4,7-8H2,(H,18,19). The van der Waals surface area contributed by atoms with Crippen LogP contribution in [0.15, 0.2) is 36.5 Å². The lowest BCUT2D eigenvalue weighted by molar-refractivity contribution is 0.0676. The average molecular weight is 273 g/mol. The fraction of sp³-hybridized carbons (Fsp3) is 0.286. The first-order chi connectivity index (χ1) is 9.75. The van der Waals surface area contributed by atoms with Crippen molar-refractivity contribution in [2.45, 2.75) is 19.0 Å². The highest BCUT2D eigenvalue weighted by Crippen LogP contribution is 2.28. The van der Waals surface area contributed by atoms with Crippen molar-refractivity contribution in [3.05, 3.63) is 42.2 Å². The van der Waals surface area contributed by atoms with Gasteiger partial charge in [0.15, 0.2) is 11.4 Å². The van der Waals surface area contributed by atoms with Gasteiger partial charge in [-0.1, -0.05) is 18.2 Å². The molecule has 2 N–H and O–H groups in total. The predicted octanol–water partition coefficient (Wildman–Crippen LogP) is 2.26. The number of ether oxygens (including phenoxy) is 1. The zero-order valence-electron chi connectivity index (χ0n) is 10.8. The number of carbonyl (C=O) groups is 1. The van der Waals surface area contributed by atoms with Gasteiger partial charge in [-0.05, 0) is 31.5 Å². The molecule has 2 heterocycles. The number of hydrogen-bond donors (Lipinski definition) is 2. The van der Waals surface area contributed by atoms with E-state index in [4.69, 9.17) is 4.74 Å². The van der Waals surface area contributed by atoms with E-state index in [-0.39, 0.29) is 17.6 Å². The topological polar surface area (TPSA) is 76.4 Å². The number of nitrogens with one attached hydrogen (secondary N) is 1. The Kier molecular flexibility index (Phi) is 3.39. The molecule has 1 saturated heterocycles. The van der Waals surface area contributed by atoms with Gasteiger partial charge in [-0.25, -0.2) is 9.48 Å². The van der Waals surface area contributed by atoms with Crippen LogP contribution in [-0.4, -0.2) is 27.4 Å². The van der Waals surface area contributed by atoms with E-state index < -0.39 is 5.97 Å². The second kappa shape index (κ2) is 5.34. The SMILES string of the molecule is O=C(O)c1c(Oc2ccccc2)cnn1C1CCCN1. The molecule has 0 bridgehead atoms. The van der Waals surface area contributed by atoms with Gasteiger partial charge in [-0.2, -0.15) is 5.10 Å². The molecule has 0 aliphatic carbocycles. The maximum atomic E-state index is 11.5. The number of rotatable bonds is 4. The van der Waals surface area contributed by atoms with Crippen molar-refractivity contribution in [3.63, 3.8) is 0 Å². The first-order valence-corrected chi connectivity index (χ1v) is 6.53. The molecule has 1 aromatic carbocycles. The number of aromatic carboxylic acids is 1. The molecule has 1 atom stereocenters. The molecule has 1 fully saturated rings. The molecular weight excluding hydrogens is 258 g/mol. The van der Waals surface area contributed by atoms with E-state index in [1.165, 1.54) is 10.9 Å². The zero-order valence-corrected chi connectivity index (χ0v) is 10.8. The van der Waals surface area contributed by atoms with Crippen LogP contribution in [0.5, 0.6) is 11.5 Å². The normalized spacial score (nSPS) is 18.1. The molecule has 1 aliphatic heterocycles. The van der Waals surface area contributed by atoms with E-state index in [0.29, 0.717) is 5.75 Å². The Hall–Kier alpha value is -2.34. The molecule has 0 radical (unpaired) electrons. The molecule has 20 heavy (non-hydrogen) atoms. The summed E-state index contributed by atoms with van der Waals surface area (Å²) in [5.74, 6) is -0.187. The van der Waals surface area contributed by atoms with Gasteiger partial charge in [-0.15, -0.1) is 0 Å². The summed E-state index contributed by atoms with van der Waals surface area (Å²) in [6.07, 6.45) is 3.26. The van der Waals surface area contributed by atoms with Crippen molar-refractivity contribution in [1.29, 1.82) is 0 Å². The van der Waals surface area contributed by atoms with Gasteiger partial charge in [0.2, 0.25) is 0 Å². The van der Waals surface area contributed by atoms with Crippen LogP contribution in [0.25, 0.3) is 0 Å². The number of carboxylic acid groups (broad SMARTS) is 1. The Bertz CT molecular complexity index is 603. The van der Waals surface area contributed by atoms with E-state index in [2.05, 4.69) is 10.4 Å². The minimum absolute atomic E-state index is 0.0748. The molecule has 1 unspecified atom stereocenters. The Morgan fingerprint density at radius 2 is 2.20 bits per heavy atom. The molecule has 104 valence electrons. The Morgan fingerprint density at radius 1 is 1.40 bits per heavy atom. The summed E-state index contributed by atoms with van der Waals surface area (Å²) in [4.78, 5) is 11.5. The third kappa shape index (κ3) is 2.37. The number of carboxylic acids is 1. The van der Waals surface area contributed by atoms with Crippen LogP contribution in [0.2, 0.25) is 0 Å². The molecule has 0 amide bonds. The van der Waals surface area contributed by atoms with Crippen molar-refractivity contribution in [2.24, 2.45) is 0 Å². The fourth-order valence-electron chi connectivity index (χ4n) is 2.35. The lowest BCUT2D eigenvalue weighted by atomic mass is 10.3. The fourth-order valence-corrected chi connectivity index (χ4v) is 2.35.